The van der Waals surface area contributed by atoms with Crippen molar-refractivity contribution in [3.63, 3.8) is 0 Å². The SMILES string of the molecule is COC(=O)c1ccc(C(c2ccc(C(=O)OC)cc2)N2CC(OC(C)=O)(C(c3cc(F)cc(F)c3)S(C)(=O)=O)C2)cc1. The molecule has 0 spiro atoms. The second-order valence-electron chi connectivity index (χ2n) is 10.1. The van der Waals surface area contributed by atoms with Gasteiger partial charge in [-0.3, -0.25) is 9.69 Å². The Labute approximate surface area is 241 Å². The van der Waals surface area contributed by atoms with Crippen LogP contribution in [0.2, 0.25) is 0 Å². The number of esters is 3. The highest BCUT2D eigenvalue weighted by Crippen LogP contribution is 2.47. The van der Waals surface area contributed by atoms with Gasteiger partial charge in [0.25, 0.3) is 0 Å². The molecule has 42 heavy (non-hydrogen) atoms. The van der Waals surface area contributed by atoms with E-state index in [2.05, 4.69) is 0 Å². The van der Waals surface area contributed by atoms with Crippen LogP contribution in [0.3, 0.4) is 0 Å². The molecule has 0 aromatic heterocycles. The first-order valence-electron chi connectivity index (χ1n) is 12.7. The lowest BCUT2D eigenvalue weighted by molar-refractivity contribution is -0.182. The van der Waals surface area contributed by atoms with Gasteiger partial charge < -0.3 is 14.2 Å². The van der Waals surface area contributed by atoms with Crippen molar-refractivity contribution in [2.24, 2.45) is 0 Å². The third kappa shape index (κ3) is 6.34. The first kappa shape index (κ1) is 30.8. The number of likely N-dealkylation sites (tertiary alicyclic amines) is 1. The molecule has 0 saturated carbocycles. The number of hydrogen-bond acceptors (Lipinski definition) is 9. The number of carbonyl (C=O) groups is 3. The first-order chi connectivity index (χ1) is 19.8. The van der Waals surface area contributed by atoms with E-state index in [9.17, 15) is 31.6 Å². The van der Waals surface area contributed by atoms with Gasteiger partial charge in [0.1, 0.15) is 16.9 Å². The number of halogens is 2. The monoisotopic (exact) mass is 601 g/mol. The van der Waals surface area contributed by atoms with Gasteiger partial charge in [-0.15, -0.1) is 0 Å². The third-order valence-corrected chi connectivity index (χ3v) is 8.60. The van der Waals surface area contributed by atoms with E-state index in [0.29, 0.717) is 28.3 Å². The summed E-state index contributed by atoms with van der Waals surface area (Å²) in [5.41, 5.74) is 0.149. The fourth-order valence-corrected chi connectivity index (χ4v) is 7.12. The molecule has 3 aromatic rings. The van der Waals surface area contributed by atoms with Crippen LogP contribution in [0.5, 0.6) is 0 Å². The van der Waals surface area contributed by atoms with Gasteiger partial charge in [-0.2, -0.15) is 0 Å². The van der Waals surface area contributed by atoms with Gasteiger partial charge in [0.05, 0.1) is 31.4 Å². The van der Waals surface area contributed by atoms with Crippen molar-refractivity contribution in [1.82, 2.24) is 4.90 Å². The maximum Gasteiger partial charge on any atom is 0.337 e. The zero-order valence-corrected chi connectivity index (χ0v) is 24.1. The normalized spacial score (nSPS) is 15.4. The fraction of sp³-hybridized carbons (Fsp3) is 0.300. The van der Waals surface area contributed by atoms with Crippen LogP contribution in [0.15, 0.2) is 66.7 Å². The summed E-state index contributed by atoms with van der Waals surface area (Å²) in [7, 11) is -1.54. The van der Waals surface area contributed by atoms with E-state index < -0.39 is 56.3 Å². The molecule has 222 valence electrons. The van der Waals surface area contributed by atoms with Crippen molar-refractivity contribution in [2.75, 3.05) is 33.6 Å². The number of rotatable bonds is 9. The average molecular weight is 602 g/mol. The van der Waals surface area contributed by atoms with E-state index in [1.165, 1.54) is 14.2 Å². The maximum atomic E-state index is 14.2. The molecule has 0 radical (unpaired) electrons. The number of ether oxygens (including phenoxy) is 3. The van der Waals surface area contributed by atoms with Gasteiger partial charge in [-0.1, -0.05) is 24.3 Å². The van der Waals surface area contributed by atoms with Crippen molar-refractivity contribution < 1.29 is 45.8 Å². The third-order valence-electron chi connectivity index (χ3n) is 7.04. The Bertz CT molecular complexity index is 1520. The van der Waals surface area contributed by atoms with Crippen molar-refractivity contribution in [2.45, 2.75) is 23.8 Å². The lowest BCUT2D eigenvalue weighted by Gasteiger charge is -2.54. The molecule has 12 heteroatoms. The molecule has 4 rings (SSSR count). The van der Waals surface area contributed by atoms with Gasteiger partial charge in [0.2, 0.25) is 0 Å². The van der Waals surface area contributed by atoms with Gasteiger partial charge in [-0.05, 0) is 53.1 Å². The number of methoxy groups -OCH3 is 2. The van der Waals surface area contributed by atoms with Gasteiger partial charge in [0.15, 0.2) is 15.4 Å². The molecule has 0 aliphatic carbocycles. The molecule has 9 nitrogen and oxygen atoms in total. The zero-order valence-electron chi connectivity index (χ0n) is 23.3. The highest BCUT2D eigenvalue weighted by Gasteiger charge is 2.58. The van der Waals surface area contributed by atoms with E-state index >= 15 is 0 Å². The molecular formula is C30H29F2NO8S. The molecule has 0 amide bonds. The van der Waals surface area contributed by atoms with Gasteiger partial charge in [0, 0.05) is 32.3 Å². The maximum absolute atomic E-state index is 14.2. The Balaban J connectivity index is 1.79. The predicted molar refractivity (Wildman–Crippen MR) is 147 cm³/mol. The Morgan fingerprint density at radius 3 is 1.57 bits per heavy atom. The zero-order chi connectivity index (χ0) is 30.8. The van der Waals surface area contributed by atoms with Crippen molar-refractivity contribution >= 4 is 27.7 Å². The summed E-state index contributed by atoms with van der Waals surface area (Å²) in [4.78, 5) is 38.1. The predicted octanol–water partition coefficient (Wildman–Crippen LogP) is 4.03. The molecular weight excluding hydrogens is 572 g/mol. The molecule has 0 bridgehead atoms. The molecule has 1 heterocycles. The van der Waals surface area contributed by atoms with E-state index in [0.717, 1.165) is 25.3 Å². The summed E-state index contributed by atoms with van der Waals surface area (Å²) in [5.74, 6) is -3.76. The van der Waals surface area contributed by atoms with Gasteiger partial charge >= 0.3 is 17.9 Å². The Hall–Kier alpha value is -4.16. The van der Waals surface area contributed by atoms with Crippen LogP contribution in [0.25, 0.3) is 0 Å². The summed E-state index contributed by atoms with van der Waals surface area (Å²) >= 11 is 0. The number of sulfone groups is 1. The highest BCUT2D eigenvalue weighted by molar-refractivity contribution is 7.91. The highest BCUT2D eigenvalue weighted by atomic mass is 32.2. The fourth-order valence-electron chi connectivity index (χ4n) is 5.51. The largest absolute Gasteiger partial charge is 0.465 e. The van der Waals surface area contributed by atoms with E-state index in [1.54, 1.807) is 48.5 Å². The number of hydrogen-bond donors (Lipinski definition) is 0. The van der Waals surface area contributed by atoms with Gasteiger partial charge in [-0.25, -0.2) is 26.8 Å². The van der Waals surface area contributed by atoms with E-state index in [1.807, 2.05) is 4.90 Å². The van der Waals surface area contributed by atoms with Crippen LogP contribution >= 0.6 is 0 Å². The summed E-state index contributed by atoms with van der Waals surface area (Å²) < 4.78 is 69.8. The second-order valence-corrected chi connectivity index (χ2v) is 12.2. The summed E-state index contributed by atoms with van der Waals surface area (Å²) in [6.45, 7) is 0.889. The van der Waals surface area contributed by atoms with Crippen LogP contribution in [0, 0.1) is 11.6 Å². The van der Waals surface area contributed by atoms with Crippen LogP contribution in [0.4, 0.5) is 8.78 Å². The standard InChI is InChI=1S/C30H29F2NO8S/c1-18(34)41-30(27(42(4,37)38)23-13-24(31)15-25(32)14-23)16-33(17-30)26(19-5-9-21(10-6-19)28(35)39-2)20-7-11-22(12-8-20)29(36)40-3/h5-15,26-27H,16-17H2,1-4H3. The molecule has 1 saturated heterocycles. The van der Waals surface area contributed by atoms with Crippen molar-refractivity contribution in [1.29, 1.82) is 0 Å². The number of carbonyl (C=O) groups excluding carboxylic acids is 3. The molecule has 1 atom stereocenters. The second kappa shape index (κ2) is 12.0. The summed E-state index contributed by atoms with van der Waals surface area (Å²) in [5, 5.41) is -1.57. The molecule has 1 unspecified atom stereocenters. The van der Waals surface area contributed by atoms with Crippen LogP contribution < -0.4 is 0 Å². The number of benzene rings is 3. The lowest BCUT2D eigenvalue weighted by atomic mass is 9.82. The first-order valence-corrected chi connectivity index (χ1v) is 14.7. The molecule has 0 N–H and O–H groups in total. The number of nitrogens with zero attached hydrogens (tertiary/aromatic N) is 1. The minimum Gasteiger partial charge on any atom is -0.465 e. The average Bonchev–Trinajstić information content (AvgIpc) is 2.90. The smallest absolute Gasteiger partial charge is 0.337 e. The Kier molecular flexibility index (Phi) is 8.79. The lowest BCUT2D eigenvalue weighted by Crippen LogP contribution is -2.68. The quantitative estimate of drug-likeness (QED) is 0.265. The van der Waals surface area contributed by atoms with E-state index in [4.69, 9.17) is 14.2 Å². The van der Waals surface area contributed by atoms with Crippen LogP contribution in [-0.4, -0.2) is 70.4 Å². The van der Waals surface area contributed by atoms with Crippen molar-refractivity contribution in [3.05, 3.63) is 106 Å². The van der Waals surface area contributed by atoms with Crippen molar-refractivity contribution in [3.8, 4) is 0 Å². The molecule has 1 fully saturated rings. The van der Waals surface area contributed by atoms with E-state index in [-0.39, 0.29) is 18.7 Å². The van der Waals surface area contributed by atoms with Crippen LogP contribution in [-0.2, 0) is 28.8 Å². The summed E-state index contributed by atoms with van der Waals surface area (Å²) in [6.07, 6.45) is 0.920. The minimum atomic E-state index is -4.07. The Morgan fingerprint density at radius 2 is 1.21 bits per heavy atom. The minimum absolute atomic E-state index is 0.120. The summed E-state index contributed by atoms with van der Waals surface area (Å²) in [6, 6.07) is 15.0. The topological polar surface area (TPSA) is 116 Å². The molecule has 3 aromatic carbocycles. The van der Waals surface area contributed by atoms with Crippen LogP contribution in [0.1, 0.15) is 55.6 Å². The molecule has 1 aliphatic rings. The Morgan fingerprint density at radius 1 is 0.786 bits per heavy atom. The molecule has 1 aliphatic heterocycles.